The van der Waals surface area contributed by atoms with Crippen molar-refractivity contribution >= 4 is 23.2 Å². The summed E-state index contributed by atoms with van der Waals surface area (Å²) in [6.07, 6.45) is 0. The lowest BCUT2D eigenvalue weighted by Crippen LogP contribution is -2.43. The molecule has 0 fully saturated rings. The molecule has 0 saturated carbocycles. The van der Waals surface area contributed by atoms with Gasteiger partial charge in [-0.2, -0.15) is 0 Å². The minimum Gasteiger partial charge on any atom is -0.486 e. The normalized spacial score (nSPS) is 15.2. The highest BCUT2D eigenvalue weighted by atomic mass is 16.6. The summed E-state index contributed by atoms with van der Waals surface area (Å²) in [5, 5.41) is 2.78. The molecule has 0 spiro atoms. The number of anilines is 2. The van der Waals surface area contributed by atoms with Crippen molar-refractivity contribution in [3.63, 3.8) is 0 Å². The number of nitrogens with one attached hydrogen (secondary N) is 1. The predicted molar refractivity (Wildman–Crippen MR) is 90.4 cm³/mol. The van der Waals surface area contributed by atoms with Gasteiger partial charge in [0.1, 0.15) is 25.5 Å². The number of benzene rings is 2. The predicted octanol–water partition coefficient (Wildman–Crippen LogP) is 1.82. The van der Waals surface area contributed by atoms with Crippen LogP contribution in [-0.4, -0.2) is 38.2 Å². The van der Waals surface area contributed by atoms with Crippen LogP contribution < -0.4 is 24.4 Å². The summed E-state index contributed by atoms with van der Waals surface area (Å²) in [4.78, 5) is 25.9. The molecule has 7 heteroatoms. The van der Waals surface area contributed by atoms with Gasteiger partial charge in [-0.3, -0.25) is 14.5 Å². The van der Waals surface area contributed by atoms with Crippen LogP contribution in [0.5, 0.6) is 17.2 Å². The van der Waals surface area contributed by atoms with Crippen LogP contribution in [-0.2, 0) is 9.59 Å². The van der Waals surface area contributed by atoms with Gasteiger partial charge in [-0.1, -0.05) is 12.1 Å². The molecule has 0 radical (unpaired) electrons. The van der Waals surface area contributed by atoms with Crippen LogP contribution in [0.15, 0.2) is 42.5 Å². The molecule has 2 aliphatic rings. The van der Waals surface area contributed by atoms with E-state index in [1.165, 1.54) is 4.90 Å². The van der Waals surface area contributed by atoms with E-state index in [9.17, 15) is 9.59 Å². The van der Waals surface area contributed by atoms with Gasteiger partial charge in [0, 0.05) is 11.8 Å². The van der Waals surface area contributed by atoms with Gasteiger partial charge in [0.25, 0.3) is 5.91 Å². The van der Waals surface area contributed by atoms with E-state index in [1.807, 2.05) is 6.07 Å². The van der Waals surface area contributed by atoms with Crippen molar-refractivity contribution in [1.82, 2.24) is 0 Å². The Morgan fingerprint density at radius 2 is 1.80 bits per heavy atom. The Balaban J connectivity index is 1.48. The highest BCUT2D eigenvalue weighted by Crippen LogP contribution is 2.33. The average molecular weight is 340 g/mol. The van der Waals surface area contributed by atoms with Crippen LogP contribution in [0.2, 0.25) is 0 Å². The molecule has 1 N–H and O–H groups in total. The van der Waals surface area contributed by atoms with E-state index in [2.05, 4.69) is 5.32 Å². The fourth-order valence-electron chi connectivity index (χ4n) is 2.79. The largest absolute Gasteiger partial charge is 0.486 e. The van der Waals surface area contributed by atoms with Crippen LogP contribution in [0.3, 0.4) is 0 Å². The molecule has 0 aliphatic carbocycles. The molecule has 25 heavy (non-hydrogen) atoms. The van der Waals surface area contributed by atoms with Crippen molar-refractivity contribution in [3.05, 3.63) is 42.5 Å². The molecule has 0 aromatic heterocycles. The van der Waals surface area contributed by atoms with Gasteiger partial charge in [0.2, 0.25) is 5.91 Å². The Morgan fingerprint density at radius 1 is 1.00 bits per heavy atom. The Kier molecular flexibility index (Phi) is 3.89. The van der Waals surface area contributed by atoms with Crippen molar-refractivity contribution in [2.45, 2.75) is 0 Å². The van der Waals surface area contributed by atoms with Gasteiger partial charge < -0.3 is 19.5 Å². The van der Waals surface area contributed by atoms with Gasteiger partial charge in [-0.05, 0) is 24.3 Å². The maximum atomic E-state index is 12.4. The highest BCUT2D eigenvalue weighted by molar-refractivity contribution is 6.05. The number of hydrogen-bond donors (Lipinski definition) is 1. The van der Waals surface area contributed by atoms with Crippen LogP contribution in [0.25, 0.3) is 0 Å². The third-order valence-corrected chi connectivity index (χ3v) is 3.94. The summed E-state index contributed by atoms with van der Waals surface area (Å²) in [6, 6.07) is 12.3. The second-order valence-corrected chi connectivity index (χ2v) is 5.64. The first-order valence-corrected chi connectivity index (χ1v) is 7.92. The fourth-order valence-corrected chi connectivity index (χ4v) is 2.79. The van der Waals surface area contributed by atoms with E-state index in [0.29, 0.717) is 41.8 Å². The minimum absolute atomic E-state index is 0.0751. The van der Waals surface area contributed by atoms with Crippen molar-refractivity contribution in [2.24, 2.45) is 0 Å². The Labute approximate surface area is 144 Å². The molecule has 2 amide bonds. The summed E-state index contributed by atoms with van der Waals surface area (Å²) in [5.74, 6) is 1.28. The number of carbonyl (C=O) groups excluding carboxylic acids is 2. The zero-order valence-corrected chi connectivity index (χ0v) is 13.4. The van der Waals surface area contributed by atoms with Gasteiger partial charge in [-0.15, -0.1) is 0 Å². The number of ether oxygens (including phenoxy) is 3. The Hall–Kier alpha value is -3.22. The minimum atomic E-state index is -0.304. The number of amides is 2. The number of hydrogen-bond acceptors (Lipinski definition) is 5. The van der Waals surface area contributed by atoms with Crippen LogP contribution in [0.4, 0.5) is 11.4 Å². The number of carbonyl (C=O) groups is 2. The van der Waals surface area contributed by atoms with E-state index in [0.717, 1.165) is 0 Å². The van der Waals surface area contributed by atoms with E-state index >= 15 is 0 Å². The van der Waals surface area contributed by atoms with Crippen molar-refractivity contribution in [2.75, 3.05) is 36.6 Å². The lowest BCUT2D eigenvalue weighted by atomic mass is 10.2. The van der Waals surface area contributed by atoms with Crippen molar-refractivity contribution < 1.29 is 23.8 Å². The van der Waals surface area contributed by atoms with Gasteiger partial charge >= 0.3 is 0 Å². The molecule has 2 aliphatic heterocycles. The summed E-state index contributed by atoms with van der Waals surface area (Å²) >= 11 is 0. The number of rotatable bonds is 3. The summed E-state index contributed by atoms with van der Waals surface area (Å²) in [5.41, 5.74) is 1.18. The summed E-state index contributed by atoms with van der Waals surface area (Å²) < 4.78 is 16.3. The molecular formula is C18H16N2O5. The van der Waals surface area contributed by atoms with Crippen LogP contribution in [0, 0.1) is 0 Å². The smallest absolute Gasteiger partial charge is 0.265 e. The third-order valence-electron chi connectivity index (χ3n) is 3.94. The molecular weight excluding hydrogens is 324 g/mol. The third kappa shape index (κ3) is 3.08. The van der Waals surface area contributed by atoms with E-state index in [4.69, 9.17) is 14.2 Å². The highest BCUT2D eigenvalue weighted by Gasteiger charge is 2.27. The molecule has 128 valence electrons. The van der Waals surface area contributed by atoms with Crippen molar-refractivity contribution in [3.8, 4) is 17.2 Å². The van der Waals surface area contributed by atoms with Crippen molar-refractivity contribution in [1.29, 1.82) is 0 Å². The number of fused-ring (bicyclic) bond motifs is 2. The lowest BCUT2D eigenvalue weighted by Gasteiger charge is -2.28. The SMILES string of the molecule is O=C(CN1C(=O)COc2ccccc21)Nc1ccc2c(c1)OCCO2. The monoisotopic (exact) mass is 340 g/mol. The second-order valence-electron chi connectivity index (χ2n) is 5.64. The number of para-hydroxylation sites is 2. The molecule has 7 nitrogen and oxygen atoms in total. The lowest BCUT2D eigenvalue weighted by molar-refractivity contribution is -0.123. The quantitative estimate of drug-likeness (QED) is 0.922. The Bertz CT molecular complexity index is 836. The Morgan fingerprint density at radius 3 is 2.68 bits per heavy atom. The molecule has 0 bridgehead atoms. The maximum Gasteiger partial charge on any atom is 0.265 e. The average Bonchev–Trinajstić information content (AvgIpc) is 2.64. The summed E-state index contributed by atoms with van der Waals surface area (Å²) in [6.45, 7) is 0.822. The molecule has 0 atom stereocenters. The topological polar surface area (TPSA) is 77.1 Å². The zero-order chi connectivity index (χ0) is 17.2. The molecule has 2 aromatic rings. The van der Waals surface area contributed by atoms with E-state index in [-0.39, 0.29) is 25.0 Å². The first-order chi connectivity index (χ1) is 12.2. The zero-order valence-electron chi connectivity index (χ0n) is 13.4. The number of nitrogens with zero attached hydrogens (tertiary/aromatic N) is 1. The van der Waals surface area contributed by atoms with E-state index < -0.39 is 0 Å². The van der Waals surface area contributed by atoms with Gasteiger partial charge in [-0.25, -0.2) is 0 Å². The first kappa shape index (κ1) is 15.3. The second kappa shape index (κ2) is 6.35. The van der Waals surface area contributed by atoms with Crippen LogP contribution >= 0.6 is 0 Å². The molecule has 4 rings (SSSR count). The fraction of sp³-hybridized carbons (Fsp3) is 0.222. The molecule has 0 saturated heterocycles. The van der Waals surface area contributed by atoms with E-state index in [1.54, 1.807) is 36.4 Å². The standard InChI is InChI=1S/C18H16N2O5/c21-17(19-12-5-6-15-16(9-12)24-8-7-23-15)10-20-13-3-1-2-4-14(13)25-11-18(20)22/h1-6,9H,7-8,10-11H2,(H,19,21). The molecule has 2 heterocycles. The van der Waals surface area contributed by atoms with Gasteiger partial charge in [0.15, 0.2) is 18.1 Å². The first-order valence-electron chi connectivity index (χ1n) is 7.92. The summed E-state index contributed by atoms with van der Waals surface area (Å²) in [7, 11) is 0. The maximum absolute atomic E-state index is 12.4. The molecule has 0 unspecified atom stereocenters. The molecule has 2 aromatic carbocycles. The van der Waals surface area contributed by atoms with Gasteiger partial charge in [0.05, 0.1) is 5.69 Å². The van der Waals surface area contributed by atoms with Crippen LogP contribution in [0.1, 0.15) is 0 Å².